The van der Waals surface area contributed by atoms with Gasteiger partial charge in [0.25, 0.3) is 0 Å². The summed E-state index contributed by atoms with van der Waals surface area (Å²) in [5.41, 5.74) is 5.08. The summed E-state index contributed by atoms with van der Waals surface area (Å²) >= 11 is 0. The molecule has 0 bridgehead atoms. The second kappa shape index (κ2) is 4.18. The Labute approximate surface area is 73.0 Å². The molecule has 0 saturated carbocycles. The lowest BCUT2D eigenvalue weighted by Gasteiger charge is -2.13. The van der Waals surface area contributed by atoms with Gasteiger partial charge in [-0.15, -0.1) is 0 Å². The van der Waals surface area contributed by atoms with Gasteiger partial charge in [-0.05, 0) is 24.5 Å². The van der Waals surface area contributed by atoms with Crippen LogP contribution < -0.4 is 11.3 Å². The van der Waals surface area contributed by atoms with Crippen LogP contribution in [0.15, 0.2) is 18.5 Å². The third-order valence-electron chi connectivity index (χ3n) is 1.91. The van der Waals surface area contributed by atoms with E-state index in [1.807, 2.05) is 19.3 Å². The van der Waals surface area contributed by atoms with Crippen molar-refractivity contribution in [2.45, 2.75) is 26.3 Å². The second-order valence-electron chi connectivity index (χ2n) is 2.92. The first-order valence-electron chi connectivity index (χ1n) is 4.15. The standard InChI is InChI=1S/C9H15N3/c1-3-9(12-10)8-4-7(2)5-11-6-8/h4-6,9,12H,3,10H2,1-2H3. The molecule has 0 amide bonds. The van der Waals surface area contributed by atoms with Crippen LogP contribution in [0.5, 0.6) is 0 Å². The van der Waals surface area contributed by atoms with Crippen LogP contribution in [-0.4, -0.2) is 4.98 Å². The van der Waals surface area contributed by atoms with Gasteiger partial charge in [0.2, 0.25) is 0 Å². The monoisotopic (exact) mass is 165 g/mol. The minimum Gasteiger partial charge on any atom is -0.271 e. The molecule has 3 nitrogen and oxygen atoms in total. The topological polar surface area (TPSA) is 50.9 Å². The van der Waals surface area contributed by atoms with Crippen molar-refractivity contribution in [3.63, 3.8) is 0 Å². The third kappa shape index (κ3) is 2.03. The molecular weight excluding hydrogens is 150 g/mol. The number of aromatic nitrogens is 1. The highest BCUT2D eigenvalue weighted by Gasteiger charge is 2.06. The summed E-state index contributed by atoms with van der Waals surface area (Å²) in [5.74, 6) is 5.39. The van der Waals surface area contributed by atoms with Crippen molar-refractivity contribution in [2.24, 2.45) is 5.84 Å². The van der Waals surface area contributed by atoms with E-state index in [1.165, 1.54) is 5.56 Å². The number of nitrogens with one attached hydrogen (secondary N) is 1. The Morgan fingerprint density at radius 1 is 1.58 bits per heavy atom. The van der Waals surface area contributed by atoms with Gasteiger partial charge in [-0.2, -0.15) is 0 Å². The van der Waals surface area contributed by atoms with E-state index in [1.54, 1.807) is 0 Å². The average molecular weight is 165 g/mol. The van der Waals surface area contributed by atoms with Gasteiger partial charge in [-0.1, -0.05) is 13.0 Å². The van der Waals surface area contributed by atoms with Crippen molar-refractivity contribution < 1.29 is 0 Å². The van der Waals surface area contributed by atoms with E-state index in [-0.39, 0.29) is 6.04 Å². The number of hydrogen-bond acceptors (Lipinski definition) is 3. The van der Waals surface area contributed by atoms with Crippen LogP contribution in [0.4, 0.5) is 0 Å². The van der Waals surface area contributed by atoms with Crippen LogP contribution in [0, 0.1) is 6.92 Å². The average Bonchev–Trinajstić information content (AvgIpc) is 2.07. The van der Waals surface area contributed by atoms with E-state index in [9.17, 15) is 0 Å². The van der Waals surface area contributed by atoms with E-state index in [0.29, 0.717) is 0 Å². The summed E-state index contributed by atoms with van der Waals surface area (Å²) in [7, 11) is 0. The van der Waals surface area contributed by atoms with Gasteiger partial charge in [0, 0.05) is 18.4 Å². The van der Waals surface area contributed by atoms with Crippen LogP contribution in [-0.2, 0) is 0 Å². The fourth-order valence-electron chi connectivity index (χ4n) is 1.22. The van der Waals surface area contributed by atoms with Crippen molar-refractivity contribution >= 4 is 0 Å². The first-order valence-corrected chi connectivity index (χ1v) is 4.15. The molecule has 1 aromatic rings. The third-order valence-corrected chi connectivity index (χ3v) is 1.91. The van der Waals surface area contributed by atoms with Gasteiger partial charge in [-0.25, -0.2) is 0 Å². The Hall–Kier alpha value is -0.930. The highest BCUT2D eigenvalue weighted by Crippen LogP contribution is 2.14. The molecule has 1 heterocycles. The largest absolute Gasteiger partial charge is 0.271 e. The first-order chi connectivity index (χ1) is 5.77. The Morgan fingerprint density at radius 3 is 2.83 bits per heavy atom. The number of nitrogens with zero attached hydrogens (tertiary/aromatic N) is 1. The molecule has 0 fully saturated rings. The van der Waals surface area contributed by atoms with Gasteiger partial charge in [0.05, 0.1) is 0 Å². The van der Waals surface area contributed by atoms with Crippen molar-refractivity contribution in [3.05, 3.63) is 29.6 Å². The minimum atomic E-state index is 0.220. The number of hydrogen-bond donors (Lipinski definition) is 2. The molecule has 0 saturated heterocycles. The van der Waals surface area contributed by atoms with Crippen LogP contribution in [0.25, 0.3) is 0 Å². The maximum Gasteiger partial charge on any atom is 0.0472 e. The van der Waals surface area contributed by atoms with Gasteiger partial charge in [-0.3, -0.25) is 16.3 Å². The van der Waals surface area contributed by atoms with E-state index in [4.69, 9.17) is 5.84 Å². The zero-order valence-electron chi connectivity index (χ0n) is 7.54. The highest BCUT2D eigenvalue weighted by molar-refractivity contribution is 5.19. The van der Waals surface area contributed by atoms with Gasteiger partial charge >= 0.3 is 0 Å². The summed E-state index contributed by atoms with van der Waals surface area (Å²) in [5, 5.41) is 0. The molecule has 1 unspecified atom stereocenters. The lowest BCUT2D eigenvalue weighted by molar-refractivity contribution is 0.537. The van der Waals surface area contributed by atoms with E-state index in [2.05, 4.69) is 23.4 Å². The maximum atomic E-state index is 5.39. The molecule has 12 heavy (non-hydrogen) atoms. The predicted octanol–water partition coefficient (Wildman–Crippen LogP) is 1.30. The summed E-state index contributed by atoms with van der Waals surface area (Å²) in [6, 6.07) is 2.32. The van der Waals surface area contributed by atoms with Crippen molar-refractivity contribution in [2.75, 3.05) is 0 Å². The first kappa shape index (κ1) is 9.16. The second-order valence-corrected chi connectivity index (χ2v) is 2.92. The van der Waals surface area contributed by atoms with Crippen LogP contribution >= 0.6 is 0 Å². The van der Waals surface area contributed by atoms with Crippen molar-refractivity contribution in [1.82, 2.24) is 10.4 Å². The molecular formula is C9H15N3. The lowest BCUT2D eigenvalue weighted by Crippen LogP contribution is -2.27. The Bertz CT molecular complexity index is 243. The summed E-state index contributed by atoms with van der Waals surface area (Å²) in [6.07, 6.45) is 4.66. The molecule has 3 N–H and O–H groups in total. The van der Waals surface area contributed by atoms with Crippen LogP contribution in [0.2, 0.25) is 0 Å². The van der Waals surface area contributed by atoms with Gasteiger partial charge in [0.15, 0.2) is 0 Å². The minimum absolute atomic E-state index is 0.220. The molecule has 0 aromatic carbocycles. The SMILES string of the molecule is CCC(NN)c1cncc(C)c1. The Kier molecular flexibility index (Phi) is 3.19. The van der Waals surface area contributed by atoms with Gasteiger partial charge < -0.3 is 0 Å². The molecule has 1 atom stereocenters. The molecule has 0 aliphatic carbocycles. The molecule has 66 valence electrons. The molecule has 0 spiro atoms. The summed E-state index contributed by atoms with van der Waals surface area (Å²) in [4.78, 5) is 4.11. The maximum absolute atomic E-state index is 5.39. The lowest BCUT2D eigenvalue weighted by atomic mass is 10.1. The molecule has 3 heteroatoms. The molecule has 1 aromatic heterocycles. The van der Waals surface area contributed by atoms with Gasteiger partial charge in [0.1, 0.15) is 0 Å². The van der Waals surface area contributed by atoms with Crippen molar-refractivity contribution in [1.29, 1.82) is 0 Å². The van der Waals surface area contributed by atoms with E-state index in [0.717, 1.165) is 12.0 Å². The number of pyridine rings is 1. The van der Waals surface area contributed by atoms with Crippen LogP contribution in [0.3, 0.4) is 0 Å². The quantitative estimate of drug-likeness (QED) is 0.524. The zero-order valence-corrected chi connectivity index (χ0v) is 7.54. The summed E-state index contributed by atoms with van der Waals surface area (Å²) < 4.78 is 0. The zero-order chi connectivity index (χ0) is 8.97. The summed E-state index contributed by atoms with van der Waals surface area (Å²) in [6.45, 7) is 4.12. The predicted molar refractivity (Wildman–Crippen MR) is 49.3 cm³/mol. The molecule has 0 radical (unpaired) electrons. The molecule has 0 aliphatic rings. The molecule has 1 rings (SSSR count). The number of rotatable bonds is 3. The highest BCUT2D eigenvalue weighted by atomic mass is 15.2. The Balaban J connectivity index is 2.85. The smallest absolute Gasteiger partial charge is 0.0472 e. The fourth-order valence-corrected chi connectivity index (χ4v) is 1.22. The normalized spacial score (nSPS) is 12.9. The number of nitrogens with two attached hydrogens (primary N) is 1. The molecule has 0 aliphatic heterocycles. The van der Waals surface area contributed by atoms with E-state index >= 15 is 0 Å². The van der Waals surface area contributed by atoms with Crippen molar-refractivity contribution in [3.8, 4) is 0 Å². The van der Waals surface area contributed by atoms with Crippen LogP contribution in [0.1, 0.15) is 30.5 Å². The number of aryl methyl sites for hydroxylation is 1. The van der Waals surface area contributed by atoms with E-state index < -0.39 is 0 Å². The number of hydrazine groups is 1. The fraction of sp³-hybridized carbons (Fsp3) is 0.444. The Morgan fingerprint density at radius 2 is 2.33 bits per heavy atom.